The van der Waals surface area contributed by atoms with Crippen molar-refractivity contribution in [2.24, 2.45) is 5.92 Å². The van der Waals surface area contributed by atoms with Crippen LogP contribution in [0.25, 0.3) is 0 Å². The molecule has 25 heavy (non-hydrogen) atoms. The van der Waals surface area contributed by atoms with Crippen LogP contribution in [0.4, 0.5) is 4.39 Å². The van der Waals surface area contributed by atoms with Crippen molar-refractivity contribution in [2.75, 3.05) is 33.4 Å². The van der Waals surface area contributed by atoms with Crippen LogP contribution < -0.4 is 9.47 Å². The lowest BCUT2D eigenvalue weighted by Gasteiger charge is -2.38. The third-order valence-electron chi connectivity index (χ3n) is 5.09. The third-order valence-corrected chi connectivity index (χ3v) is 5.09. The van der Waals surface area contributed by atoms with Gasteiger partial charge in [0.25, 0.3) is 0 Å². The Morgan fingerprint density at radius 2 is 1.72 bits per heavy atom. The Kier molecular flexibility index (Phi) is 5.92. The molecule has 1 heterocycles. The molecule has 0 bridgehead atoms. The Bertz CT molecular complexity index is 657. The molecule has 2 atom stereocenters. The lowest BCUT2D eigenvalue weighted by Crippen LogP contribution is -2.41. The average Bonchev–Trinajstić information content (AvgIpc) is 2.67. The van der Waals surface area contributed by atoms with E-state index in [2.05, 4.69) is 11.8 Å². The zero-order chi connectivity index (χ0) is 17.6. The molecule has 0 aromatic heterocycles. The smallest absolute Gasteiger partial charge is 0.123 e. The number of halogens is 1. The van der Waals surface area contributed by atoms with E-state index in [1.54, 1.807) is 19.2 Å². The maximum atomic E-state index is 13.3. The predicted molar refractivity (Wildman–Crippen MR) is 97.9 cm³/mol. The number of ether oxygens (including phenoxy) is 2. The fourth-order valence-electron chi connectivity index (χ4n) is 3.59. The highest BCUT2D eigenvalue weighted by Crippen LogP contribution is 2.33. The van der Waals surface area contributed by atoms with Crippen molar-refractivity contribution in [2.45, 2.75) is 19.3 Å². The standard InChI is InChI=1S/C21H26FNO2/c1-3-23-13-12-21(16-4-6-18(22)7-5-16)17(14-23)15-25-20-10-8-19(24-2)9-11-20/h4-11,17,21H,3,12-15H2,1-2H3/t17-,21-/m0/s1. The van der Waals surface area contributed by atoms with Gasteiger partial charge in [-0.2, -0.15) is 0 Å². The van der Waals surface area contributed by atoms with Gasteiger partial charge in [-0.15, -0.1) is 0 Å². The number of hydrogen-bond acceptors (Lipinski definition) is 3. The molecule has 1 saturated heterocycles. The Hall–Kier alpha value is -2.07. The number of piperidine rings is 1. The van der Waals surface area contributed by atoms with Crippen LogP contribution in [0, 0.1) is 11.7 Å². The van der Waals surface area contributed by atoms with Gasteiger partial charge in [0.05, 0.1) is 13.7 Å². The van der Waals surface area contributed by atoms with Crippen molar-refractivity contribution in [3.05, 3.63) is 59.9 Å². The van der Waals surface area contributed by atoms with Crippen LogP contribution in [-0.2, 0) is 0 Å². The summed E-state index contributed by atoms with van der Waals surface area (Å²) >= 11 is 0. The molecule has 0 saturated carbocycles. The number of rotatable bonds is 6. The van der Waals surface area contributed by atoms with E-state index in [4.69, 9.17) is 9.47 Å². The van der Waals surface area contributed by atoms with Crippen LogP contribution in [0.1, 0.15) is 24.8 Å². The molecular weight excluding hydrogens is 317 g/mol. The first-order valence-corrected chi connectivity index (χ1v) is 8.94. The van der Waals surface area contributed by atoms with Gasteiger partial charge in [0.15, 0.2) is 0 Å². The molecule has 0 amide bonds. The average molecular weight is 343 g/mol. The van der Waals surface area contributed by atoms with E-state index >= 15 is 0 Å². The summed E-state index contributed by atoms with van der Waals surface area (Å²) in [6.45, 7) is 5.99. The lowest BCUT2D eigenvalue weighted by atomic mass is 9.81. The van der Waals surface area contributed by atoms with E-state index in [-0.39, 0.29) is 5.82 Å². The Morgan fingerprint density at radius 1 is 1.04 bits per heavy atom. The Labute approximate surface area is 149 Å². The van der Waals surface area contributed by atoms with Crippen molar-refractivity contribution in [3.63, 3.8) is 0 Å². The van der Waals surface area contributed by atoms with Gasteiger partial charge < -0.3 is 14.4 Å². The fourth-order valence-corrected chi connectivity index (χ4v) is 3.59. The van der Waals surface area contributed by atoms with E-state index in [0.29, 0.717) is 18.4 Å². The molecule has 0 unspecified atom stereocenters. The fraction of sp³-hybridized carbons (Fsp3) is 0.429. The summed E-state index contributed by atoms with van der Waals surface area (Å²) < 4.78 is 24.5. The molecule has 0 spiro atoms. The summed E-state index contributed by atoms with van der Waals surface area (Å²) in [6.07, 6.45) is 1.08. The SMILES string of the molecule is CCN1CC[C@@H](c2ccc(F)cc2)[C@H](COc2ccc(OC)cc2)C1. The molecule has 2 aromatic rings. The summed E-state index contributed by atoms with van der Waals surface area (Å²) in [6, 6.07) is 14.6. The molecule has 2 aromatic carbocycles. The molecular formula is C21H26FNO2. The number of hydrogen-bond donors (Lipinski definition) is 0. The molecule has 0 N–H and O–H groups in total. The zero-order valence-electron chi connectivity index (χ0n) is 15.0. The second kappa shape index (κ2) is 8.34. The first kappa shape index (κ1) is 17.7. The van der Waals surface area contributed by atoms with Crippen molar-refractivity contribution < 1.29 is 13.9 Å². The van der Waals surface area contributed by atoms with E-state index in [1.165, 1.54) is 5.56 Å². The summed E-state index contributed by atoms with van der Waals surface area (Å²) in [4.78, 5) is 2.46. The maximum absolute atomic E-state index is 13.3. The summed E-state index contributed by atoms with van der Waals surface area (Å²) in [5, 5.41) is 0. The molecule has 134 valence electrons. The van der Waals surface area contributed by atoms with Gasteiger partial charge in [0.1, 0.15) is 17.3 Å². The molecule has 3 nitrogen and oxygen atoms in total. The highest BCUT2D eigenvalue weighted by Gasteiger charge is 2.30. The van der Waals surface area contributed by atoms with Crippen molar-refractivity contribution >= 4 is 0 Å². The zero-order valence-corrected chi connectivity index (χ0v) is 15.0. The summed E-state index contributed by atoms with van der Waals surface area (Å²) in [5.74, 6) is 2.29. The lowest BCUT2D eigenvalue weighted by molar-refractivity contribution is 0.115. The minimum atomic E-state index is -0.180. The first-order chi connectivity index (χ1) is 12.2. The van der Waals surface area contributed by atoms with Gasteiger partial charge in [-0.25, -0.2) is 4.39 Å². The quantitative estimate of drug-likeness (QED) is 0.779. The molecule has 3 rings (SSSR count). The summed E-state index contributed by atoms with van der Waals surface area (Å²) in [5.41, 5.74) is 1.21. The van der Waals surface area contributed by atoms with Gasteiger partial charge in [0, 0.05) is 12.5 Å². The van der Waals surface area contributed by atoms with Gasteiger partial charge in [-0.3, -0.25) is 0 Å². The van der Waals surface area contributed by atoms with Gasteiger partial charge in [0.2, 0.25) is 0 Å². The largest absolute Gasteiger partial charge is 0.497 e. The molecule has 0 aliphatic carbocycles. The van der Waals surface area contributed by atoms with Crippen LogP contribution in [-0.4, -0.2) is 38.3 Å². The Morgan fingerprint density at radius 3 is 2.36 bits per heavy atom. The topological polar surface area (TPSA) is 21.7 Å². The van der Waals surface area contributed by atoms with Crippen molar-refractivity contribution in [1.82, 2.24) is 4.90 Å². The first-order valence-electron chi connectivity index (χ1n) is 8.94. The minimum absolute atomic E-state index is 0.180. The number of methoxy groups -OCH3 is 1. The molecule has 1 aliphatic rings. The molecule has 0 radical (unpaired) electrons. The van der Waals surface area contributed by atoms with Crippen molar-refractivity contribution in [1.29, 1.82) is 0 Å². The van der Waals surface area contributed by atoms with E-state index in [9.17, 15) is 4.39 Å². The number of likely N-dealkylation sites (tertiary alicyclic amines) is 1. The monoisotopic (exact) mass is 343 g/mol. The highest BCUT2D eigenvalue weighted by atomic mass is 19.1. The highest BCUT2D eigenvalue weighted by molar-refractivity contribution is 5.31. The maximum Gasteiger partial charge on any atom is 0.123 e. The van der Waals surface area contributed by atoms with Gasteiger partial charge in [-0.1, -0.05) is 19.1 Å². The summed E-state index contributed by atoms with van der Waals surface area (Å²) in [7, 11) is 1.66. The minimum Gasteiger partial charge on any atom is -0.497 e. The third kappa shape index (κ3) is 4.51. The van der Waals surface area contributed by atoms with Gasteiger partial charge in [-0.05, 0) is 67.4 Å². The van der Waals surface area contributed by atoms with Crippen LogP contribution in [0.5, 0.6) is 11.5 Å². The molecule has 4 heteroatoms. The van der Waals surface area contributed by atoms with Crippen LogP contribution in [0.3, 0.4) is 0 Å². The number of benzene rings is 2. The predicted octanol–water partition coefficient (Wildman–Crippen LogP) is 4.34. The second-order valence-electron chi connectivity index (χ2n) is 6.59. The van der Waals surface area contributed by atoms with Crippen LogP contribution >= 0.6 is 0 Å². The van der Waals surface area contributed by atoms with Crippen LogP contribution in [0.15, 0.2) is 48.5 Å². The van der Waals surface area contributed by atoms with E-state index < -0.39 is 0 Å². The van der Waals surface area contributed by atoms with Crippen molar-refractivity contribution in [3.8, 4) is 11.5 Å². The van der Waals surface area contributed by atoms with Crippen LogP contribution in [0.2, 0.25) is 0 Å². The van der Waals surface area contributed by atoms with E-state index in [0.717, 1.165) is 37.6 Å². The molecule has 1 fully saturated rings. The number of nitrogens with zero attached hydrogens (tertiary/aromatic N) is 1. The molecule has 1 aliphatic heterocycles. The van der Waals surface area contributed by atoms with Gasteiger partial charge >= 0.3 is 0 Å². The Balaban J connectivity index is 1.69. The second-order valence-corrected chi connectivity index (χ2v) is 6.59. The van der Waals surface area contributed by atoms with E-state index in [1.807, 2.05) is 36.4 Å². The normalized spacial score (nSPS) is 21.1.